The quantitative estimate of drug-likeness (QED) is 0.475. The Labute approximate surface area is 192 Å². The van der Waals surface area contributed by atoms with Crippen molar-refractivity contribution in [2.45, 2.75) is 71.1 Å². The predicted octanol–water partition coefficient (Wildman–Crippen LogP) is 7.77. The molecule has 0 unspecified atom stereocenters. The molecule has 1 saturated carbocycles. The van der Waals surface area contributed by atoms with Crippen LogP contribution in [-0.4, -0.2) is 9.97 Å². The average molecular weight is 423 g/mol. The van der Waals surface area contributed by atoms with Crippen LogP contribution in [0.5, 0.6) is 0 Å². The normalized spacial score (nSPS) is 18.1. The Morgan fingerprint density at radius 2 is 1.84 bits per heavy atom. The van der Waals surface area contributed by atoms with Gasteiger partial charge in [0.2, 0.25) is 0 Å². The lowest BCUT2D eigenvalue weighted by Crippen LogP contribution is -2.11. The van der Waals surface area contributed by atoms with E-state index in [0.717, 1.165) is 36.5 Å². The number of nitrogens with zero attached hydrogens (tertiary/aromatic N) is 2. The summed E-state index contributed by atoms with van der Waals surface area (Å²) in [6.07, 6.45) is 18.3. The fourth-order valence-corrected chi connectivity index (χ4v) is 5.40. The molecule has 3 aliphatic carbocycles. The van der Waals surface area contributed by atoms with E-state index in [9.17, 15) is 0 Å². The lowest BCUT2D eigenvalue weighted by molar-refractivity contribution is 0.428. The van der Waals surface area contributed by atoms with Gasteiger partial charge < -0.3 is 0 Å². The van der Waals surface area contributed by atoms with Crippen molar-refractivity contribution < 1.29 is 0 Å². The lowest BCUT2D eigenvalue weighted by Gasteiger charge is -2.22. The minimum atomic E-state index is 0.470. The van der Waals surface area contributed by atoms with E-state index in [4.69, 9.17) is 9.97 Å². The van der Waals surface area contributed by atoms with Crippen LogP contribution in [0.3, 0.4) is 0 Å². The van der Waals surface area contributed by atoms with Gasteiger partial charge in [0.25, 0.3) is 0 Å². The van der Waals surface area contributed by atoms with E-state index in [1.54, 1.807) is 0 Å². The highest BCUT2D eigenvalue weighted by Crippen LogP contribution is 2.36. The van der Waals surface area contributed by atoms with Crippen molar-refractivity contribution >= 4 is 6.08 Å². The fraction of sp³-hybridized carbons (Fsp3) is 0.400. The van der Waals surface area contributed by atoms with Gasteiger partial charge in [-0.3, -0.25) is 0 Å². The van der Waals surface area contributed by atoms with E-state index in [1.165, 1.54) is 65.5 Å². The molecule has 0 amide bonds. The molecule has 0 saturated heterocycles. The number of fused-ring (bicyclic) bond motifs is 1. The third kappa shape index (κ3) is 4.16. The minimum Gasteiger partial charge on any atom is -0.237 e. The highest BCUT2D eigenvalue weighted by Gasteiger charge is 2.22. The molecule has 0 atom stereocenters. The molecule has 0 spiro atoms. The summed E-state index contributed by atoms with van der Waals surface area (Å²) in [6.45, 7) is 8.86. The third-order valence-corrected chi connectivity index (χ3v) is 7.35. The standard InChI is InChI=1S/C30H34N2/c1-20(2)21(3)26-15-9-14-24(26)18-25-19-29(28-17-8-13-22-12-7-16-27(22)28)32-30(31-25)23-10-5-4-6-11-23/h7-9,13-14,16-17,19-20,23H,3-6,10-12,15,18H2,1-2H3. The van der Waals surface area contributed by atoms with Gasteiger partial charge in [0, 0.05) is 23.6 Å². The van der Waals surface area contributed by atoms with Crippen LogP contribution in [0.1, 0.15) is 80.9 Å². The highest BCUT2D eigenvalue weighted by atomic mass is 14.9. The van der Waals surface area contributed by atoms with E-state index in [2.05, 4.69) is 69.0 Å². The highest BCUT2D eigenvalue weighted by molar-refractivity contribution is 5.77. The molecule has 1 fully saturated rings. The van der Waals surface area contributed by atoms with Gasteiger partial charge in [-0.1, -0.05) is 82.2 Å². The summed E-state index contributed by atoms with van der Waals surface area (Å²) in [5.74, 6) is 2.02. The van der Waals surface area contributed by atoms with Crippen LogP contribution in [0.25, 0.3) is 17.3 Å². The smallest absolute Gasteiger partial charge is 0.132 e. The fourth-order valence-electron chi connectivity index (χ4n) is 5.40. The maximum absolute atomic E-state index is 5.17. The van der Waals surface area contributed by atoms with Crippen molar-refractivity contribution in [1.82, 2.24) is 9.97 Å². The third-order valence-electron chi connectivity index (χ3n) is 7.35. The molecule has 0 radical (unpaired) electrons. The Bertz CT molecular complexity index is 1120. The van der Waals surface area contributed by atoms with E-state index >= 15 is 0 Å². The summed E-state index contributed by atoms with van der Waals surface area (Å²) in [5, 5.41) is 0. The SMILES string of the molecule is C=C(C1=C(Cc2cc(-c3cccc4c3C=CC4)nc(C3CCCCC3)n2)C=CC1)C(C)C. The number of benzene rings is 1. The molecule has 164 valence electrons. The van der Waals surface area contributed by atoms with Crippen LogP contribution in [0.15, 0.2) is 65.8 Å². The van der Waals surface area contributed by atoms with Gasteiger partial charge in [-0.15, -0.1) is 0 Å². The number of allylic oxidation sites excluding steroid dienone is 6. The van der Waals surface area contributed by atoms with Crippen LogP contribution >= 0.6 is 0 Å². The molecule has 1 aromatic carbocycles. The summed E-state index contributed by atoms with van der Waals surface area (Å²) in [6, 6.07) is 8.88. The first-order valence-electron chi connectivity index (χ1n) is 12.3. The van der Waals surface area contributed by atoms with Crippen molar-refractivity contribution in [2.75, 3.05) is 0 Å². The molecule has 32 heavy (non-hydrogen) atoms. The van der Waals surface area contributed by atoms with Crippen LogP contribution in [0.4, 0.5) is 0 Å². The molecule has 5 rings (SSSR count). The van der Waals surface area contributed by atoms with E-state index < -0.39 is 0 Å². The lowest BCUT2D eigenvalue weighted by atomic mass is 9.88. The first kappa shape index (κ1) is 21.1. The van der Waals surface area contributed by atoms with E-state index in [1.807, 2.05) is 0 Å². The molecule has 2 aromatic rings. The van der Waals surface area contributed by atoms with Gasteiger partial charge in [-0.2, -0.15) is 0 Å². The number of rotatable bonds is 6. The minimum absolute atomic E-state index is 0.470. The molecular weight excluding hydrogens is 388 g/mol. The maximum Gasteiger partial charge on any atom is 0.132 e. The summed E-state index contributed by atoms with van der Waals surface area (Å²) >= 11 is 0. The Hall–Kier alpha value is -2.74. The number of hydrogen-bond donors (Lipinski definition) is 0. The van der Waals surface area contributed by atoms with Gasteiger partial charge in [0.1, 0.15) is 5.82 Å². The van der Waals surface area contributed by atoms with Crippen LogP contribution < -0.4 is 0 Å². The summed E-state index contributed by atoms with van der Waals surface area (Å²) in [5.41, 5.74) is 10.3. The van der Waals surface area contributed by atoms with Crippen molar-refractivity contribution in [3.8, 4) is 11.3 Å². The van der Waals surface area contributed by atoms with E-state index in [0.29, 0.717) is 11.8 Å². The van der Waals surface area contributed by atoms with Crippen molar-refractivity contribution in [1.29, 1.82) is 0 Å². The molecule has 2 nitrogen and oxygen atoms in total. The molecule has 3 aliphatic rings. The Morgan fingerprint density at radius 3 is 2.66 bits per heavy atom. The zero-order chi connectivity index (χ0) is 22.1. The average Bonchev–Trinajstić information content (AvgIpc) is 3.48. The molecule has 1 aromatic heterocycles. The van der Waals surface area contributed by atoms with Crippen molar-refractivity contribution in [3.63, 3.8) is 0 Å². The Kier molecular flexibility index (Phi) is 5.95. The van der Waals surface area contributed by atoms with Crippen molar-refractivity contribution in [3.05, 3.63) is 88.4 Å². The van der Waals surface area contributed by atoms with Gasteiger partial charge in [0.15, 0.2) is 0 Å². The maximum atomic E-state index is 5.17. The largest absolute Gasteiger partial charge is 0.237 e. The zero-order valence-corrected chi connectivity index (χ0v) is 19.5. The molecule has 0 bridgehead atoms. The number of hydrogen-bond acceptors (Lipinski definition) is 2. The van der Waals surface area contributed by atoms with Gasteiger partial charge in [0.05, 0.1) is 5.69 Å². The predicted molar refractivity (Wildman–Crippen MR) is 134 cm³/mol. The molecule has 1 heterocycles. The van der Waals surface area contributed by atoms with Gasteiger partial charge in [-0.25, -0.2) is 9.97 Å². The molecule has 0 N–H and O–H groups in total. The summed E-state index contributed by atoms with van der Waals surface area (Å²) < 4.78 is 0. The summed E-state index contributed by atoms with van der Waals surface area (Å²) in [7, 11) is 0. The van der Waals surface area contributed by atoms with Gasteiger partial charge in [-0.05, 0) is 65.5 Å². The first-order chi connectivity index (χ1) is 15.6. The topological polar surface area (TPSA) is 25.8 Å². The van der Waals surface area contributed by atoms with Crippen LogP contribution in [0.2, 0.25) is 0 Å². The summed E-state index contributed by atoms with van der Waals surface area (Å²) in [4.78, 5) is 10.3. The van der Waals surface area contributed by atoms with Crippen LogP contribution in [0, 0.1) is 5.92 Å². The monoisotopic (exact) mass is 422 g/mol. The number of aromatic nitrogens is 2. The molecule has 2 heteroatoms. The van der Waals surface area contributed by atoms with Crippen molar-refractivity contribution in [2.24, 2.45) is 5.92 Å². The molecule has 0 aliphatic heterocycles. The zero-order valence-electron chi connectivity index (χ0n) is 19.5. The molecular formula is C30H34N2. The van der Waals surface area contributed by atoms with Crippen LogP contribution in [-0.2, 0) is 12.8 Å². The first-order valence-corrected chi connectivity index (χ1v) is 12.3. The second-order valence-corrected chi connectivity index (χ2v) is 9.89. The van der Waals surface area contributed by atoms with Gasteiger partial charge >= 0.3 is 0 Å². The second kappa shape index (κ2) is 9.02. The van der Waals surface area contributed by atoms with E-state index in [-0.39, 0.29) is 0 Å². The second-order valence-electron chi connectivity index (χ2n) is 9.89. The Morgan fingerprint density at radius 1 is 1.03 bits per heavy atom. The Balaban J connectivity index is 1.57.